The Labute approximate surface area is 93.9 Å². The van der Waals surface area contributed by atoms with Gasteiger partial charge in [0, 0.05) is 6.54 Å². The Balaban J connectivity index is 1.92. The van der Waals surface area contributed by atoms with Crippen molar-refractivity contribution in [2.75, 3.05) is 33.7 Å². The Morgan fingerprint density at radius 1 is 1.20 bits per heavy atom. The first-order chi connectivity index (χ1) is 7.12. The first-order valence-corrected chi connectivity index (χ1v) is 6.20. The smallest absolute Gasteiger partial charge is 0.0771 e. The molecule has 0 amide bonds. The third kappa shape index (κ3) is 5.50. The van der Waals surface area contributed by atoms with Crippen molar-refractivity contribution in [2.45, 2.75) is 44.1 Å². The summed E-state index contributed by atoms with van der Waals surface area (Å²) >= 11 is 0. The average molecular weight is 214 g/mol. The van der Waals surface area contributed by atoms with Crippen LogP contribution in [0.25, 0.3) is 0 Å². The fourth-order valence-corrected chi connectivity index (χ4v) is 2.21. The second-order valence-corrected chi connectivity index (χ2v) is 5.12. The zero-order chi connectivity index (χ0) is 11.1. The van der Waals surface area contributed by atoms with Gasteiger partial charge in [-0.05, 0) is 52.9 Å². The first-order valence-electron chi connectivity index (χ1n) is 6.20. The summed E-state index contributed by atoms with van der Waals surface area (Å²) in [5.74, 6) is 0. The van der Waals surface area contributed by atoms with Crippen LogP contribution in [0.1, 0.15) is 38.5 Å². The zero-order valence-electron chi connectivity index (χ0n) is 10.3. The normalized spacial score (nSPS) is 20.0. The molecule has 0 aromatic carbocycles. The molecule has 0 aliphatic heterocycles. The Bertz CT molecular complexity index is 165. The van der Waals surface area contributed by atoms with Crippen molar-refractivity contribution in [2.24, 2.45) is 0 Å². The highest BCUT2D eigenvalue weighted by molar-refractivity contribution is 4.85. The minimum absolute atomic E-state index is 0.387. The molecule has 3 heteroatoms. The lowest BCUT2D eigenvalue weighted by atomic mass is 10.0. The molecule has 0 heterocycles. The largest absolute Gasteiger partial charge is 0.389 e. The molecular formula is C12H26N2O. The van der Waals surface area contributed by atoms with Crippen LogP contribution in [0.3, 0.4) is 0 Å². The molecule has 1 aliphatic rings. The molecule has 1 saturated carbocycles. The van der Waals surface area contributed by atoms with Gasteiger partial charge in [0.25, 0.3) is 0 Å². The third-order valence-electron chi connectivity index (χ3n) is 3.20. The van der Waals surface area contributed by atoms with Gasteiger partial charge in [-0.3, -0.25) is 0 Å². The van der Waals surface area contributed by atoms with Crippen LogP contribution in [-0.4, -0.2) is 49.3 Å². The lowest BCUT2D eigenvalue weighted by Gasteiger charge is -2.22. The summed E-state index contributed by atoms with van der Waals surface area (Å²) < 4.78 is 0. The van der Waals surface area contributed by atoms with Crippen molar-refractivity contribution in [1.29, 1.82) is 0 Å². The average Bonchev–Trinajstić information content (AvgIpc) is 2.58. The molecule has 1 fully saturated rings. The van der Waals surface area contributed by atoms with Crippen molar-refractivity contribution in [1.82, 2.24) is 10.2 Å². The highest BCUT2D eigenvalue weighted by Crippen LogP contribution is 2.28. The molecule has 0 atom stereocenters. The molecule has 0 radical (unpaired) electrons. The van der Waals surface area contributed by atoms with Crippen molar-refractivity contribution < 1.29 is 5.11 Å². The predicted molar refractivity (Wildman–Crippen MR) is 64.1 cm³/mol. The van der Waals surface area contributed by atoms with Crippen molar-refractivity contribution >= 4 is 0 Å². The fraction of sp³-hybridized carbons (Fsp3) is 1.00. The Hall–Kier alpha value is -0.120. The van der Waals surface area contributed by atoms with Crippen molar-refractivity contribution in [3.05, 3.63) is 0 Å². The van der Waals surface area contributed by atoms with Gasteiger partial charge in [0.15, 0.2) is 0 Å². The van der Waals surface area contributed by atoms with Crippen LogP contribution in [-0.2, 0) is 0 Å². The number of hydrogen-bond acceptors (Lipinski definition) is 3. The van der Waals surface area contributed by atoms with E-state index >= 15 is 0 Å². The van der Waals surface area contributed by atoms with Gasteiger partial charge in [-0.15, -0.1) is 0 Å². The molecule has 0 spiro atoms. The number of nitrogens with one attached hydrogen (secondary N) is 1. The summed E-state index contributed by atoms with van der Waals surface area (Å²) in [4.78, 5) is 2.21. The third-order valence-corrected chi connectivity index (χ3v) is 3.20. The van der Waals surface area contributed by atoms with E-state index in [0.29, 0.717) is 0 Å². The van der Waals surface area contributed by atoms with Crippen LogP contribution >= 0.6 is 0 Å². The molecular weight excluding hydrogens is 188 g/mol. The molecule has 15 heavy (non-hydrogen) atoms. The van der Waals surface area contributed by atoms with Gasteiger partial charge in [-0.25, -0.2) is 0 Å². The summed E-state index contributed by atoms with van der Waals surface area (Å²) in [7, 11) is 4.21. The molecule has 0 unspecified atom stereocenters. The first kappa shape index (κ1) is 12.9. The molecule has 0 aromatic heterocycles. The molecule has 0 bridgehead atoms. The lowest BCUT2D eigenvalue weighted by Crippen LogP contribution is -2.38. The van der Waals surface area contributed by atoms with E-state index in [9.17, 15) is 5.11 Å². The van der Waals surface area contributed by atoms with Crippen LogP contribution in [0.2, 0.25) is 0 Å². The summed E-state index contributed by atoms with van der Waals surface area (Å²) in [6.45, 7) is 2.98. The number of hydrogen-bond donors (Lipinski definition) is 2. The van der Waals surface area contributed by atoms with E-state index in [-0.39, 0.29) is 5.60 Å². The topological polar surface area (TPSA) is 35.5 Å². The van der Waals surface area contributed by atoms with Gasteiger partial charge in [0.05, 0.1) is 5.60 Å². The second-order valence-electron chi connectivity index (χ2n) is 5.12. The van der Waals surface area contributed by atoms with E-state index in [1.807, 2.05) is 0 Å². The van der Waals surface area contributed by atoms with E-state index in [1.165, 1.54) is 25.7 Å². The summed E-state index contributed by atoms with van der Waals surface area (Å²) in [6.07, 6.45) is 6.79. The summed E-state index contributed by atoms with van der Waals surface area (Å²) in [5.41, 5.74) is -0.387. The zero-order valence-corrected chi connectivity index (χ0v) is 10.3. The van der Waals surface area contributed by atoms with Crippen LogP contribution in [0.15, 0.2) is 0 Å². The van der Waals surface area contributed by atoms with Crippen molar-refractivity contribution in [3.63, 3.8) is 0 Å². The number of unbranched alkanes of at least 4 members (excludes halogenated alkanes) is 1. The Morgan fingerprint density at radius 3 is 2.47 bits per heavy atom. The molecule has 90 valence electrons. The maximum atomic E-state index is 10.1. The minimum atomic E-state index is -0.387. The quantitative estimate of drug-likeness (QED) is 0.626. The number of rotatable bonds is 7. The Morgan fingerprint density at radius 2 is 1.87 bits per heavy atom. The van der Waals surface area contributed by atoms with E-state index in [1.54, 1.807) is 0 Å². The highest BCUT2D eigenvalue weighted by atomic mass is 16.3. The molecule has 0 saturated heterocycles. The monoisotopic (exact) mass is 214 g/mol. The lowest BCUT2D eigenvalue weighted by molar-refractivity contribution is 0.0478. The molecule has 2 N–H and O–H groups in total. The van der Waals surface area contributed by atoms with Gasteiger partial charge < -0.3 is 15.3 Å². The Kier molecular flexibility index (Phi) is 5.58. The molecule has 1 aliphatic carbocycles. The number of aliphatic hydroxyl groups is 1. The van der Waals surface area contributed by atoms with Gasteiger partial charge in [0.2, 0.25) is 0 Å². The maximum Gasteiger partial charge on any atom is 0.0771 e. The summed E-state index contributed by atoms with van der Waals surface area (Å²) in [5, 5.41) is 13.4. The molecule has 3 nitrogen and oxygen atoms in total. The number of nitrogens with zero attached hydrogens (tertiary/aromatic N) is 1. The van der Waals surface area contributed by atoms with E-state index in [0.717, 1.165) is 32.5 Å². The second kappa shape index (κ2) is 6.46. The van der Waals surface area contributed by atoms with Crippen LogP contribution < -0.4 is 5.32 Å². The van der Waals surface area contributed by atoms with Crippen LogP contribution in [0.4, 0.5) is 0 Å². The van der Waals surface area contributed by atoms with Gasteiger partial charge >= 0.3 is 0 Å². The standard InChI is InChI=1S/C12H26N2O/c1-14(2)10-6-5-9-13-11-12(15)7-3-4-8-12/h13,15H,3-11H2,1-2H3. The molecule has 0 aromatic rings. The van der Waals surface area contributed by atoms with Gasteiger partial charge in [-0.1, -0.05) is 12.8 Å². The van der Waals surface area contributed by atoms with E-state index < -0.39 is 0 Å². The van der Waals surface area contributed by atoms with Crippen LogP contribution in [0, 0.1) is 0 Å². The van der Waals surface area contributed by atoms with E-state index in [2.05, 4.69) is 24.3 Å². The van der Waals surface area contributed by atoms with Gasteiger partial charge in [-0.2, -0.15) is 0 Å². The molecule has 1 rings (SSSR count). The van der Waals surface area contributed by atoms with E-state index in [4.69, 9.17) is 0 Å². The predicted octanol–water partition coefficient (Wildman–Crippen LogP) is 1.22. The minimum Gasteiger partial charge on any atom is -0.389 e. The van der Waals surface area contributed by atoms with Crippen LogP contribution in [0.5, 0.6) is 0 Å². The SMILES string of the molecule is CN(C)CCCCNCC1(O)CCCC1. The van der Waals surface area contributed by atoms with Crippen molar-refractivity contribution in [3.8, 4) is 0 Å². The van der Waals surface area contributed by atoms with Gasteiger partial charge in [0.1, 0.15) is 0 Å². The fourth-order valence-electron chi connectivity index (χ4n) is 2.21. The maximum absolute atomic E-state index is 10.1. The summed E-state index contributed by atoms with van der Waals surface area (Å²) in [6, 6.07) is 0. The highest BCUT2D eigenvalue weighted by Gasteiger charge is 2.30.